The lowest BCUT2D eigenvalue weighted by Crippen LogP contribution is -1.96. The van der Waals surface area contributed by atoms with Crippen LogP contribution >= 0.6 is 0 Å². The second-order valence-corrected chi connectivity index (χ2v) is 6.94. The zero-order valence-electron chi connectivity index (χ0n) is 15.8. The number of phenols is 1. The molecule has 0 aliphatic carbocycles. The Bertz CT molecular complexity index is 422. The van der Waals surface area contributed by atoms with Crippen LogP contribution < -0.4 is 0 Å². The SMILES string of the molecule is CCCCCCCCc1cc(CC)c(O)c(CCCCCC)c1. The van der Waals surface area contributed by atoms with Crippen molar-refractivity contribution in [1.29, 1.82) is 0 Å². The summed E-state index contributed by atoms with van der Waals surface area (Å²) in [6.07, 6.45) is 16.3. The van der Waals surface area contributed by atoms with Crippen LogP contribution in [0.1, 0.15) is 102 Å². The molecule has 0 radical (unpaired) electrons. The molecule has 1 nitrogen and oxygen atoms in total. The number of aryl methyl sites for hydroxylation is 3. The van der Waals surface area contributed by atoms with Crippen molar-refractivity contribution in [2.75, 3.05) is 0 Å². The summed E-state index contributed by atoms with van der Waals surface area (Å²) in [5.74, 6) is 0.565. The smallest absolute Gasteiger partial charge is 0.121 e. The quantitative estimate of drug-likeness (QED) is 0.389. The molecule has 0 bridgehead atoms. The normalized spacial score (nSPS) is 11.1. The van der Waals surface area contributed by atoms with Gasteiger partial charge >= 0.3 is 0 Å². The molecule has 132 valence electrons. The fourth-order valence-corrected chi connectivity index (χ4v) is 3.29. The van der Waals surface area contributed by atoms with Crippen LogP contribution in [-0.2, 0) is 19.3 Å². The van der Waals surface area contributed by atoms with Gasteiger partial charge in [-0.25, -0.2) is 0 Å². The molecule has 0 aliphatic rings. The van der Waals surface area contributed by atoms with Crippen LogP contribution in [0, 0.1) is 0 Å². The first-order valence-corrected chi connectivity index (χ1v) is 10.1. The van der Waals surface area contributed by atoms with E-state index in [1.165, 1.54) is 81.8 Å². The highest BCUT2D eigenvalue weighted by Crippen LogP contribution is 2.28. The third kappa shape index (κ3) is 7.90. The Kier molecular flexibility index (Phi) is 10.9. The van der Waals surface area contributed by atoms with E-state index in [0.717, 1.165) is 18.4 Å². The van der Waals surface area contributed by atoms with E-state index in [0.29, 0.717) is 5.75 Å². The van der Waals surface area contributed by atoms with Gasteiger partial charge in [-0.15, -0.1) is 0 Å². The first-order valence-electron chi connectivity index (χ1n) is 10.1. The highest BCUT2D eigenvalue weighted by Gasteiger charge is 2.09. The Hall–Kier alpha value is -0.980. The van der Waals surface area contributed by atoms with Gasteiger partial charge in [-0.1, -0.05) is 84.3 Å². The van der Waals surface area contributed by atoms with Gasteiger partial charge in [0.25, 0.3) is 0 Å². The van der Waals surface area contributed by atoms with E-state index < -0.39 is 0 Å². The summed E-state index contributed by atoms with van der Waals surface area (Å²) in [6, 6.07) is 4.50. The maximum absolute atomic E-state index is 10.4. The molecule has 0 amide bonds. The lowest BCUT2D eigenvalue weighted by Gasteiger charge is -2.12. The molecule has 1 aromatic carbocycles. The summed E-state index contributed by atoms with van der Waals surface area (Å²) in [7, 11) is 0. The van der Waals surface area contributed by atoms with Gasteiger partial charge in [-0.3, -0.25) is 0 Å². The first kappa shape index (κ1) is 20.1. The summed E-state index contributed by atoms with van der Waals surface area (Å²) in [4.78, 5) is 0. The van der Waals surface area contributed by atoms with E-state index in [9.17, 15) is 5.11 Å². The van der Waals surface area contributed by atoms with Crippen LogP contribution in [0.2, 0.25) is 0 Å². The van der Waals surface area contributed by atoms with E-state index in [1.807, 2.05) is 0 Å². The van der Waals surface area contributed by atoms with Gasteiger partial charge in [-0.05, 0) is 48.8 Å². The summed E-state index contributed by atoms with van der Waals surface area (Å²) >= 11 is 0. The minimum atomic E-state index is 0.565. The summed E-state index contributed by atoms with van der Waals surface area (Å²) in [5.41, 5.74) is 3.75. The van der Waals surface area contributed by atoms with E-state index in [1.54, 1.807) is 0 Å². The molecule has 0 saturated heterocycles. The number of phenolic OH excluding ortho intramolecular Hbond substituents is 1. The van der Waals surface area contributed by atoms with Crippen molar-refractivity contribution in [3.63, 3.8) is 0 Å². The fourth-order valence-electron chi connectivity index (χ4n) is 3.29. The van der Waals surface area contributed by atoms with Crippen molar-refractivity contribution in [3.8, 4) is 5.75 Å². The van der Waals surface area contributed by atoms with Gasteiger partial charge in [0.15, 0.2) is 0 Å². The Morgan fingerprint density at radius 1 is 0.652 bits per heavy atom. The summed E-state index contributed by atoms with van der Waals surface area (Å²) in [6.45, 7) is 6.66. The molecule has 0 fully saturated rings. The Labute approximate surface area is 144 Å². The molecule has 0 spiro atoms. The molecule has 0 aliphatic heterocycles. The van der Waals surface area contributed by atoms with Crippen molar-refractivity contribution in [2.24, 2.45) is 0 Å². The molecule has 1 N–H and O–H groups in total. The third-order valence-corrected chi connectivity index (χ3v) is 4.83. The molecule has 0 atom stereocenters. The van der Waals surface area contributed by atoms with Gasteiger partial charge in [0.2, 0.25) is 0 Å². The molecule has 0 unspecified atom stereocenters. The predicted octanol–water partition coefficient (Wildman–Crippen LogP) is 6.98. The van der Waals surface area contributed by atoms with Gasteiger partial charge in [0, 0.05) is 0 Å². The Morgan fingerprint density at radius 2 is 1.17 bits per heavy atom. The molecular formula is C22H38O. The average Bonchev–Trinajstić information content (AvgIpc) is 2.56. The second kappa shape index (κ2) is 12.4. The number of hydrogen-bond donors (Lipinski definition) is 1. The summed E-state index contributed by atoms with van der Waals surface area (Å²) < 4.78 is 0. The van der Waals surface area contributed by atoms with E-state index in [2.05, 4.69) is 32.9 Å². The highest BCUT2D eigenvalue weighted by molar-refractivity contribution is 5.44. The Morgan fingerprint density at radius 3 is 1.83 bits per heavy atom. The van der Waals surface area contributed by atoms with Crippen LogP contribution in [0.4, 0.5) is 0 Å². The van der Waals surface area contributed by atoms with Crippen molar-refractivity contribution in [2.45, 2.75) is 104 Å². The number of aromatic hydroxyl groups is 1. The van der Waals surface area contributed by atoms with Crippen LogP contribution in [0.25, 0.3) is 0 Å². The molecule has 1 aromatic rings. The highest BCUT2D eigenvalue weighted by atomic mass is 16.3. The van der Waals surface area contributed by atoms with Gasteiger partial charge < -0.3 is 5.11 Å². The van der Waals surface area contributed by atoms with E-state index >= 15 is 0 Å². The van der Waals surface area contributed by atoms with Crippen LogP contribution in [0.3, 0.4) is 0 Å². The number of rotatable bonds is 13. The van der Waals surface area contributed by atoms with Crippen molar-refractivity contribution >= 4 is 0 Å². The first-order chi connectivity index (χ1) is 11.2. The maximum Gasteiger partial charge on any atom is 0.121 e. The molecule has 23 heavy (non-hydrogen) atoms. The minimum absolute atomic E-state index is 0.565. The number of benzene rings is 1. The average molecular weight is 319 g/mol. The van der Waals surface area contributed by atoms with Crippen LogP contribution in [0.5, 0.6) is 5.75 Å². The molecular weight excluding hydrogens is 280 g/mol. The van der Waals surface area contributed by atoms with E-state index in [-0.39, 0.29) is 0 Å². The monoisotopic (exact) mass is 318 g/mol. The van der Waals surface area contributed by atoms with Gasteiger partial charge in [-0.2, -0.15) is 0 Å². The largest absolute Gasteiger partial charge is 0.507 e. The standard InChI is InChI=1S/C22H38O/c1-4-7-9-11-12-13-15-19-17-20(6-3)22(23)21(18-19)16-14-10-8-5-2/h17-18,23H,4-16H2,1-3H3. The molecule has 0 saturated carbocycles. The molecule has 0 heterocycles. The van der Waals surface area contributed by atoms with Crippen molar-refractivity contribution < 1.29 is 5.11 Å². The molecule has 1 rings (SSSR count). The maximum atomic E-state index is 10.4. The van der Waals surface area contributed by atoms with Crippen LogP contribution in [0.15, 0.2) is 12.1 Å². The Balaban J connectivity index is 2.54. The summed E-state index contributed by atoms with van der Waals surface area (Å²) in [5, 5.41) is 10.4. The van der Waals surface area contributed by atoms with Crippen molar-refractivity contribution in [3.05, 3.63) is 28.8 Å². The van der Waals surface area contributed by atoms with Crippen molar-refractivity contribution in [1.82, 2.24) is 0 Å². The zero-order valence-corrected chi connectivity index (χ0v) is 15.8. The minimum Gasteiger partial charge on any atom is -0.507 e. The number of hydrogen-bond acceptors (Lipinski definition) is 1. The molecule has 1 heteroatoms. The van der Waals surface area contributed by atoms with E-state index in [4.69, 9.17) is 0 Å². The van der Waals surface area contributed by atoms with Gasteiger partial charge in [0.1, 0.15) is 5.75 Å². The van der Waals surface area contributed by atoms with Crippen LogP contribution in [-0.4, -0.2) is 5.11 Å². The molecule has 0 aromatic heterocycles. The second-order valence-electron chi connectivity index (χ2n) is 6.94. The lowest BCUT2D eigenvalue weighted by atomic mass is 9.95. The third-order valence-electron chi connectivity index (χ3n) is 4.83. The fraction of sp³-hybridized carbons (Fsp3) is 0.727. The van der Waals surface area contributed by atoms with Gasteiger partial charge in [0.05, 0.1) is 0 Å². The predicted molar refractivity (Wildman–Crippen MR) is 102 cm³/mol. The zero-order chi connectivity index (χ0) is 16.9. The topological polar surface area (TPSA) is 20.2 Å². The number of unbranched alkanes of at least 4 members (excludes halogenated alkanes) is 8. The lowest BCUT2D eigenvalue weighted by molar-refractivity contribution is 0.459.